The minimum Gasteiger partial charge on any atom is -0.258 e. The molecule has 0 saturated heterocycles. The maximum absolute atomic E-state index is 6.20. The topological polar surface area (TPSA) is 41.6 Å². The summed E-state index contributed by atoms with van der Waals surface area (Å²) in [5.41, 5.74) is 3.34. The Hall–Kier alpha value is -1.49. The van der Waals surface area contributed by atoms with Crippen LogP contribution in [0.3, 0.4) is 0 Å². The van der Waals surface area contributed by atoms with Gasteiger partial charge in [-0.25, -0.2) is 4.98 Å². The van der Waals surface area contributed by atoms with Crippen LogP contribution in [-0.4, -0.2) is 15.2 Å². The van der Waals surface area contributed by atoms with Crippen LogP contribution < -0.4 is 0 Å². The molecule has 0 bridgehead atoms. The first-order chi connectivity index (χ1) is 11.8. The monoisotopic (exact) mass is 391 g/mol. The summed E-state index contributed by atoms with van der Waals surface area (Å²) in [5.74, 6) is 1.38. The first-order valence-corrected chi connectivity index (χ1v) is 9.68. The number of hydrogen-bond donors (Lipinski definition) is 1. The number of thioether (sulfide) groups is 1. The summed E-state index contributed by atoms with van der Waals surface area (Å²) in [7, 11) is 0. The van der Waals surface area contributed by atoms with Crippen LogP contribution in [0, 0.1) is 0 Å². The minimum atomic E-state index is 0.134. The minimum absolute atomic E-state index is 0.134. The van der Waals surface area contributed by atoms with Gasteiger partial charge in [0.05, 0.1) is 0 Å². The maximum atomic E-state index is 6.20. The van der Waals surface area contributed by atoms with E-state index in [1.54, 1.807) is 0 Å². The van der Waals surface area contributed by atoms with Gasteiger partial charge >= 0.3 is 0 Å². The molecule has 0 aliphatic carbocycles. The second kappa shape index (κ2) is 7.40. The van der Waals surface area contributed by atoms with E-state index in [1.165, 1.54) is 17.3 Å². The lowest BCUT2D eigenvalue weighted by atomic mass is 9.87. The molecule has 1 N–H and O–H groups in total. The lowest BCUT2D eigenvalue weighted by molar-refractivity contribution is 0.590. The molecule has 6 heteroatoms. The Morgan fingerprint density at radius 1 is 1.00 bits per heavy atom. The molecule has 2 aromatic carbocycles. The van der Waals surface area contributed by atoms with Gasteiger partial charge in [0, 0.05) is 21.4 Å². The summed E-state index contributed by atoms with van der Waals surface area (Å²) < 4.78 is 0. The molecule has 0 saturated carbocycles. The quantitative estimate of drug-likeness (QED) is 0.525. The zero-order valence-corrected chi connectivity index (χ0v) is 16.6. The molecule has 130 valence electrons. The summed E-state index contributed by atoms with van der Waals surface area (Å²) in [5, 5.41) is 9.27. The summed E-state index contributed by atoms with van der Waals surface area (Å²) in [6.45, 7) is 6.60. The van der Waals surface area contributed by atoms with Gasteiger partial charge in [-0.3, -0.25) is 5.10 Å². The molecule has 1 heterocycles. The van der Waals surface area contributed by atoms with Gasteiger partial charge in [-0.1, -0.05) is 86.1 Å². The summed E-state index contributed by atoms with van der Waals surface area (Å²) in [6.07, 6.45) is 0. The Bertz CT molecular complexity index is 847. The molecule has 3 rings (SSSR count). The molecule has 0 spiro atoms. The summed E-state index contributed by atoms with van der Waals surface area (Å²) in [6, 6.07) is 13.9. The molecular formula is C19H19Cl2N3S. The van der Waals surface area contributed by atoms with E-state index < -0.39 is 0 Å². The Kier molecular flexibility index (Phi) is 5.42. The number of hydrogen-bond acceptors (Lipinski definition) is 3. The van der Waals surface area contributed by atoms with Crippen LogP contribution in [-0.2, 0) is 11.2 Å². The van der Waals surface area contributed by atoms with Crippen LogP contribution in [0.2, 0.25) is 10.0 Å². The standard InChI is InChI=1S/C19H19Cl2N3S/c1-19(2,3)13-9-7-12(8-10-13)17-22-18(24-23-17)25-11-14-15(20)5-4-6-16(14)21/h4-10H,11H2,1-3H3,(H,22,23,24). The van der Waals surface area contributed by atoms with Gasteiger partial charge in [0.15, 0.2) is 5.82 Å². The van der Waals surface area contributed by atoms with E-state index in [4.69, 9.17) is 23.2 Å². The van der Waals surface area contributed by atoms with E-state index in [-0.39, 0.29) is 5.41 Å². The van der Waals surface area contributed by atoms with E-state index in [9.17, 15) is 0 Å². The molecule has 0 fully saturated rings. The molecule has 1 aromatic heterocycles. The van der Waals surface area contributed by atoms with Crippen LogP contribution in [0.5, 0.6) is 0 Å². The van der Waals surface area contributed by atoms with Gasteiger partial charge in [-0.15, -0.1) is 5.10 Å². The Balaban J connectivity index is 1.72. The Morgan fingerprint density at radius 2 is 1.64 bits per heavy atom. The zero-order chi connectivity index (χ0) is 18.0. The summed E-state index contributed by atoms with van der Waals surface area (Å²) >= 11 is 13.9. The van der Waals surface area contributed by atoms with Crippen LogP contribution in [0.15, 0.2) is 47.6 Å². The Labute approximate surface area is 162 Å². The number of aromatic amines is 1. The molecule has 25 heavy (non-hydrogen) atoms. The third-order valence-corrected chi connectivity index (χ3v) is 5.48. The number of H-pyrrole nitrogens is 1. The van der Waals surface area contributed by atoms with Crippen LogP contribution in [0.1, 0.15) is 31.9 Å². The van der Waals surface area contributed by atoms with Gasteiger partial charge < -0.3 is 0 Å². The van der Waals surface area contributed by atoms with Crippen molar-refractivity contribution in [2.75, 3.05) is 0 Å². The molecule has 0 atom stereocenters. The van der Waals surface area contributed by atoms with Gasteiger partial charge in [0.2, 0.25) is 5.16 Å². The van der Waals surface area contributed by atoms with E-state index >= 15 is 0 Å². The second-order valence-corrected chi connectivity index (χ2v) is 8.54. The van der Waals surface area contributed by atoms with Crippen molar-refractivity contribution >= 4 is 35.0 Å². The fourth-order valence-corrected chi connectivity index (χ4v) is 3.92. The van der Waals surface area contributed by atoms with E-state index in [0.717, 1.165) is 17.0 Å². The average Bonchev–Trinajstić information content (AvgIpc) is 3.03. The highest BCUT2D eigenvalue weighted by atomic mass is 35.5. The fourth-order valence-electron chi connectivity index (χ4n) is 2.38. The molecular weight excluding hydrogens is 373 g/mol. The third kappa shape index (κ3) is 4.38. The number of aromatic nitrogens is 3. The normalized spacial score (nSPS) is 11.7. The van der Waals surface area contributed by atoms with Gasteiger partial charge in [-0.05, 0) is 28.7 Å². The largest absolute Gasteiger partial charge is 0.258 e. The molecule has 3 nitrogen and oxygen atoms in total. The molecule has 0 unspecified atom stereocenters. The Morgan fingerprint density at radius 3 is 2.24 bits per heavy atom. The molecule has 0 amide bonds. The number of benzene rings is 2. The van der Waals surface area contributed by atoms with Crippen molar-refractivity contribution < 1.29 is 0 Å². The number of nitrogens with zero attached hydrogens (tertiary/aromatic N) is 2. The first kappa shape index (κ1) is 18.3. The van der Waals surface area contributed by atoms with Gasteiger partial charge in [0.1, 0.15) is 0 Å². The lowest BCUT2D eigenvalue weighted by Gasteiger charge is -2.18. The van der Waals surface area contributed by atoms with E-state index in [2.05, 4.69) is 60.2 Å². The first-order valence-electron chi connectivity index (χ1n) is 7.93. The maximum Gasteiger partial charge on any atom is 0.209 e. The van der Waals surface area contributed by atoms with Crippen molar-refractivity contribution in [1.29, 1.82) is 0 Å². The average molecular weight is 392 g/mol. The van der Waals surface area contributed by atoms with Crippen LogP contribution >= 0.6 is 35.0 Å². The van der Waals surface area contributed by atoms with Crippen LogP contribution in [0.25, 0.3) is 11.4 Å². The molecule has 0 radical (unpaired) electrons. The smallest absolute Gasteiger partial charge is 0.209 e. The van der Waals surface area contributed by atoms with Crippen molar-refractivity contribution in [3.8, 4) is 11.4 Å². The SMILES string of the molecule is CC(C)(C)c1ccc(-c2nc(SCc3c(Cl)cccc3Cl)n[nH]2)cc1. The van der Waals surface area contributed by atoms with Crippen LogP contribution in [0.4, 0.5) is 0 Å². The lowest BCUT2D eigenvalue weighted by Crippen LogP contribution is -2.10. The highest BCUT2D eigenvalue weighted by molar-refractivity contribution is 7.98. The number of nitrogens with one attached hydrogen (secondary N) is 1. The van der Waals surface area contributed by atoms with Crippen molar-refractivity contribution in [3.05, 3.63) is 63.6 Å². The van der Waals surface area contributed by atoms with E-state index in [1.807, 2.05) is 18.2 Å². The highest BCUT2D eigenvalue weighted by Gasteiger charge is 2.14. The molecule has 0 aliphatic heterocycles. The predicted octanol–water partition coefficient (Wildman–Crippen LogP) is 6.37. The molecule has 0 aliphatic rings. The molecule has 3 aromatic rings. The second-order valence-electron chi connectivity index (χ2n) is 6.78. The van der Waals surface area contributed by atoms with Crippen molar-refractivity contribution in [3.63, 3.8) is 0 Å². The van der Waals surface area contributed by atoms with Crippen molar-refractivity contribution in [1.82, 2.24) is 15.2 Å². The third-order valence-electron chi connectivity index (χ3n) is 3.90. The number of rotatable bonds is 4. The van der Waals surface area contributed by atoms with Gasteiger partial charge in [0.25, 0.3) is 0 Å². The fraction of sp³-hybridized carbons (Fsp3) is 0.263. The van der Waals surface area contributed by atoms with Gasteiger partial charge in [-0.2, -0.15) is 0 Å². The van der Waals surface area contributed by atoms with E-state index in [0.29, 0.717) is 21.0 Å². The zero-order valence-electron chi connectivity index (χ0n) is 14.3. The van der Waals surface area contributed by atoms with Crippen molar-refractivity contribution in [2.24, 2.45) is 0 Å². The summed E-state index contributed by atoms with van der Waals surface area (Å²) in [4.78, 5) is 4.56. The predicted molar refractivity (Wildman–Crippen MR) is 107 cm³/mol. The number of halogens is 2. The van der Waals surface area contributed by atoms with Crippen molar-refractivity contribution in [2.45, 2.75) is 37.1 Å². The highest BCUT2D eigenvalue weighted by Crippen LogP contribution is 2.31.